The summed E-state index contributed by atoms with van der Waals surface area (Å²) in [5.41, 5.74) is 0. The van der Waals surface area contributed by atoms with Gasteiger partial charge >= 0.3 is 0 Å². The molecule has 0 saturated carbocycles. The first kappa shape index (κ1) is 10.7. The van der Waals surface area contributed by atoms with Crippen molar-refractivity contribution < 1.29 is 4.79 Å². The molecule has 3 atom stereocenters. The molecule has 1 aliphatic heterocycles. The van der Waals surface area contributed by atoms with Crippen LogP contribution in [0.1, 0.15) is 34.1 Å². The Morgan fingerprint density at radius 3 is 2.15 bits per heavy atom. The summed E-state index contributed by atoms with van der Waals surface area (Å²) in [4.78, 5) is 13.5. The fourth-order valence-corrected chi connectivity index (χ4v) is 2.28. The van der Waals surface area contributed by atoms with Gasteiger partial charge in [0.05, 0.1) is 6.04 Å². The van der Waals surface area contributed by atoms with E-state index in [0.29, 0.717) is 5.78 Å². The Morgan fingerprint density at radius 1 is 1.31 bits per heavy atom. The third kappa shape index (κ3) is 2.80. The van der Waals surface area contributed by atoms with E-state index in [2.05, 4.69) is 18.7 Å². The number of ketones is 1. The van der Waals surface area contributed by atoms with Crippen LogP contribution in [0, 0.1) is 11.8 Å². The molecule has 1 rings (SSSR count). The first-order chi connectivity index (χ1) is 6.00. The number of nitrogens with zero attached hydrogens (tertiary/aromatic N) is 1. The molecule has 1 heterocycles. The zero-order chi connectivity index (χ0) is 10.0. The first-order valence-electron chi connectivity index (χ1n) is 5.25. The molecule has 2 heteroatoms. The first-order valence-corrected chi connectivity index (χ1v) is 5.25. The molecule has 0 bridgehead atoms. The lowest BCUT2D eigenvalue weighted by Gasteiger charge is -2.37. The minimum Gasteiger partial charge on any atom is -0.298 e. The number of hydrogen-bond donors (Lipinski definition) is 0. The average molecular weight is 183 g/mol. The molecule has 0 aromatic heterocycles. The third-order valence-electron chi connectivity index (χ3n) is 3.03. The van der Waals surface area contributed by atoms with Gasteiger partial charge in [0.2, 0.25) is 0 Å². The number of rotatable bonds is 2. The van der Waals surface area contributed by atoms with Crippen LogP contribution in [0.4, 0.5) is 0 Å². The van der Waals surface area contributed by atoms with Crippen LogP contribution in [0.15, 0.2) is 0 Å². The van der Waals surface area contributed by atoms with Crippen molar-refractivity contribution in [2.24, 2.45) is 11.8 Å². The molecule has 13 heavy (non-hydrogen) atoms. The Labute approximate surface area is 81.3 Å². The maximum absolute atomic E-state index is 11.2. The van der Waals surface area contributed by atoms with Crippen molar-refractivity contribution in [3.63, 3.8) is 0 Å². The van der Waals surface area contributed by atoms with E-state index in [4.69, 9.17) is 0 Å². The van der Waals surface area contributed by atoms with Gasteiger partial charge in [0.25, 0.3) is 0 Å². The van der Waals surface area contributed by atoms with E-state index in [1.54, 1.807) is 6.92 Å². The van der Waals surface area contributed by atoms with Crippen LogP contribution in [0.3, 0.4) is 0 Å². The molecular weight excluding hydrogens is 162 g/mol. The summed E-state index contributed by atoms with van der Waals surface area (Å²) in [7, 11) is 0. The average Bonchev–Trinajstić information content (AvgIpc) is 2.01. The van der Waals surface area contributed by atoms with Gasteiger partial charge in [-0.25, -0.2) is 0 Å². The molecule has 0 aromatic rings. The molecule has 1 fully saturated rings. The smallest absolute Gasteiger partial charge is 0.146 e. The maximum atomic E-state index is 11.2. The molecule has 3 unspecified atom stereocenters. The van der Waals surface area contributed by atoms with Crippen molar-refractivity contribution in [1.82, 2.24) is 4.90 Å². The lowest BCUT2D eigenvalue weighted by atomic mass is 9.90. The van der Waals surface area contributed by atoms with Crippen molar-refractivity contribution in [2.45, 2.75) is 40.2 Å². The third-order valence-corrected chi connectivity index (χ3v) is 3.03. The van der Waals surface area contributed by atoms with Crippen molar-refractivity contribution >= 4 is 5.78 Å². The summed E-state index contributed by atoms with van der Waals surface area (Å²) in [6, 6.07) is 0.116. The molecule has 76 valence electrons. The van der Waals surface area contributed by atoms with E-state index in [1.807, 2.05) is 6.92 Å². The van der Waals surface area contributed by atoms with Crippen LogP contribution >= 0.6 is 0 Å². The lowest BCUT2D eigenvalue weighted by molar-refractivity contribution is -0.122. The molecule has 1 aliphatic rings. The molecule has 1 saturated heterocycles. The van der Waals surface area contributed by atoms with Gasteiger partial charge in [-0.15, -0.1) is 0 Å². The van der Waals surface area contributed by atoms with Crippen LogP contribution in [0.25, 0.3) is 0 Å². The summed E-state index contributed by atoms with van der Waals surface area (Å²) < 4.78 is 0. The van der Waals surface area contributed by atoms with E-state index >= 15 is 0 Å². The SMILES string of the molecule is CC(=O)C(C)N1CC(C)CC(C)C1. The quantitative estimate of drug-likeness (QED) is 0.652. The molecule has 0 N–H and O–H groups in total. The minimum absolute atomic E-state index is 0.116. The number of carbonyl (C=O) groups excluding carboxylic acids is 1. The zero-order valence-corrected chi connectivity index (χ0v) is 9.21. The maximum Gasteiger partial charge on any atom is 0.146 e. The number of hydrogen-bond acceptors (Lipinski definition) is 2. The highest BCUT2D eigenvalue weighted by molar-refractivity contribution is 5.80. The Hall–Kier alpha value is -0.370. The number of Topliss-reactive ketones (excluding diaryl/α,β-unsaturated/α-hetero) is 1. The van der Waals surface area contributed by atoms with Gasteiger partial charge in [0, 0.05) is 13.1 Å². The van der Waals surface area contributed by atoms with Crippen molar-refractivity contribution in [2.75, 3.05) is 13.1 Å². The van der Waals surface area contributed by atoms with E-state index in [9.17, 15) is 4.79 Å². The molecule has 0 radical (unpaired) electrons. The fraction of sp³-hybridized carbons (Fsp3) is 0.909. The highest BCUT2D eigenvalue weighted by atomic mass is 16.1. The topological polar surface area (TPSA) is 20.3 Å². The summed E-state index contributed by atoms with van der Waals surface area (Å²) in [6.07, 6.45) is 1.31. The van der Waals surface area contributed by atoms with E-state index in [0.717, 1.165) is 24.9 Å². The Balaban J connectivity index is 2.54. The van der Waals surface area contributed by atoms with Gasteiger partial charge in [-0.1, -0.05) is 13.8 Å². The summed E-state index contributed by atoms with van der Waals surface area (Å²) in [6.45, 7) is 10.4. The van der Waals surface area contributed by atoms with E-state index in [-0.39, 0.29) is 6.04 Å². The standard InChI is InChI=1S/C11H21NO/c1-8-5-9(2)7-12(6-8)10(3)11(4)13/h8-10H,5-7H2,1-4H3. The van der Waals surface area contributed by atoms with Gasteiger partial charge in [-0.2, -0.15) is 0 Å². The zero-order valence-electron chi connectivity index (χ0n) is 9.21. The summed E-state index contributed by atoms with van der Waals surface area (Å²) >= 11 is 0. The van der Waals surface area contributed by atoms with Gasteiger partial charge in [-0.05, 0) is 32.1 Å². The van der Waals surface area contributed by atoms with E-state index in [1.165, 1.54) is 6.42 Å². The molecule has 0 aromatic carbocycles. The van der Waals surface area contributed by atoms with Crippen molar-refractivity contribution in [1.29, 1.82) is 0 Å². The van der Waals surface area contributed by atoms with Gasteiger partial charge in [0.1, 0.15) is 5.78 Å². The Morgan fingerprint density at radius 2 is 1.77 bits per heavy atom. The Bertz CT molecular complexity index is 181. The predicted octanol–water partition coefficient (Wildman–Crippen LogP) is 1.94. The number of likely N-dealkylation sites (tertiary alicyclic amines) is 1. The van der Waals surface area contributed by atoms with Crippen molar-refractivity contribution in [3.05, 3.63) is 0 Å². The lowest BCUT2D eigenvalue weighted by Crippen LogP contribution is -2.46. The molecule has 2 nitrogen and oxygen atoms in total. The minimum atomic E-state index is 0.116. The second-order valence-electron chi connectivity index (χ2n) is 4.69. The fourth-order valence-electron chi connectivity index (χ4n) is 2.28. The van der Waals surface area contributed by atoms with Crippen LogP contribution in [0.5, 0.6) is 0 Å². The second kappa shape index (κ2) is 4.23. The summed E-state index contributed by atoms with van der Waals surface area (Å²) in [5, 5.41) is 0. The van der Waals surface area contributed by atoms with Crippen LogP contribution in [-0.2, 0) is 4.79 Å². The monoisotopic (exact) mass is 183 g/mol. The second-order valence-corrected chi connectivity index (χ2v) is 4.69. The van der Waals surface area contributed by atoms with Gasteiger partial charge in [-0.3, -0.25) is 9.69 Å². The van der Waals surface area contributed by atoms with Crippen LogP contribution in [-0.4, -0.2) is 29.8 Å². The Kier molecular flexibility index (Phi) is 3.48. The number of carbonyl (C=O) groups is 1. The molecule has 0 amide bonds. The molecular formula is C11H21NO. The van der Waals surface area contributed by atoms with Crippen LogP contribution < -0.4 is 0 Å². The number of piperidine rings is 1. The molecule has 0 aliphatic carbocycles. The predicted molar refractivity (Wildman–Crippen MR) is 54.7 cm³/mol. The van der Waals surface area contributed by atoms with Crippen LogP contribution in [0.2, 0.25) is 0 Å². The molecule has 0 spiro atoms. The van der Waals surface area contributed by atoms with Gasteiger partial charge in [0.15, 0.2) is 0 Å². The van der Waals surface area contributed by atoms with Crippen molar-refractivity contribution in [3.8, 4) is 0 Å². The summed E-state index contributed by atoms with van der Waals surface area (Å²) in [5.74, 6) is 1.78. The normalized spacial score (nSPS) is 32.9. The van der Waals surface area contributed by atoms with E-state index < -0.39 is 0 Å². The largest absolute Gasteiger partial charge is 0.298 e. The van der Waals surface area contributed by atoms with Gasteiger partial charge < -0.3 is 0 Å². The highest BCUT2D eigenvalue weighted by Crippen LogP contribution is 2.22. The highest BCUT2D eigenvalue weighted by Gasteiger charge is 2.26.